The number of aromatic amines is 1. The zero-order valence-electron chi connectivity index (χ0n) is 39.6. The van der Waals surface area contributed by atoms with Gasteiger partial charge in [0.15, 0.2) is 8.32 Å². The number of nitrogens with two attached hydrogens (primary N) is 1. The topological polar surface area (TPSA) is 215 Å². The molecule has 7 rings (SSSR count). The summed E-state index contributed by atoms with van der Waals surface area (Å²) in [5.41, 5.74) is 9.97. The molecule has 7 N–H and O–H groups in total. The Balaban J connectivity index is 1.01. The minimum absolute atomic E-state index is 0.00123. The van der Waals surface area contributed by atoms with E-state index < -0.39 is 30.0 Å². The smallest absolute Gasteiger partial charge is 0.255 e. The predicted octanol–water partition coefficient (Wildman–Crippen LogP) is 9.51. The minimum atomic E-state index is -4.20. The third-order valence-electron chi connectivity index (χ3n) is 12.3. The zero-order valence-corrected chi connectivity index (χ0v) is 41.4. The third-order valence-corrected chi connectivity index (χ3v) is 18.5. The number of methoxy groups -OCH3 is 1. The molecule has 2 amide bonds. The van der Waals surface area contributed by atoms with Gasteiger partial charge in [0.05, 0.1) is 45.3 Å². The molecular weight excluding hydrogens is 909 g/mol. The lowest BCUT2D eigenvalue weighted by Gasteiger charge is -2.39. The fourth-order valence-electron chi connectivity index (χ4n) is 7.57. The Morgan fingerprint density at radius 2 is 1.67 bits per heavy atom. The lowest BCUT2D eigenvalue weighted by atomic mass is 10.0. The number of hydrogen-bond donors (Lipinski definition) is 6. The average Bonchev–Trinajstić information content (AvgIpc) is 3.31. The van der Waals surface area contributed by atoms with Crippen molar-refractivity contribution < 1.29 is 32.3 Å². The van der Waals surface area contributed by atoms with Crippen molar-refractivity contribution in [3.05, 3.63) is 154 Å². The van der Waals surface area contributed by atoms with Gasteiger partial charge in [-0.2, -0.15) is 0 Å². The fourth-order valence-corrected chi connectivity index (χ4v) is 10.3. The van der Waals surface area contributed by atoms with Gasteiger partial charge in [-0.3, -0.25) is 19.4 Å². The molecule has 0 aliphatic rings. The molecular formula is C53H56N6O8SSi. The summed E-state index contributed by atoms with van der Waals surface area (Å²) in [5, 5.41) is 21.2. The lowest BCUT2D eigenvalue weighted by Crippen LogP contribution is -2.43. The summed E-state index contributed by atoms with van der Waals surface area (Å²) < 4.78 is 40.8. The highest BCUT2D eigenvalue weighted by atomic mass is 32.2. The Morgan fingerprint density at radius 3 is 2.42 bits per heavy atom. The molecule has 2 aromatic heterocycles. The standard InChI is InChI=1S/C53H56N6O8SSi/c1-33-26-40(30-43-48(33)56-31-44(51(54)62)49(43)57-37-18-13-19-38(29-37)66-5)68(64,65)39-20-12-16-35(28-39)52(63)58-36-17-11-15-34(27-36)14-9-8-10-25-55-32-46(67-69(6,7)53(2,3)4)41-21-23-45(60)50-42(41)22-24-47(61)59-50/h11-13,15-24,26-31,46,55,60H,8,10,25,32H2,1-7H3,(H2,54,62)(H,56,57)(H,58,63)(H,59,61). The molecule has 0 spiro atoms. The van der Waals surface area contributed by atoms with E-state index in [2.05, 4.69) is 71.6 Å². The first-order valence-corrected chi connectivity index (χ1v) is 26.8. The molecule has 0 saturated carbocycles. The van der Waals surface area contributed by atoms with Crippen LogP contribution in [0.3, 0.4) is 0 Å². The van der Waals surface area contributed by atoms with Crippen LogP contribution in [0.5, 0.6) is 11.5 Å². The Labute approximate surface area is 402 Å². The van der Waals surface area contributed by atoms with E-state index >= 15 is 0 Å². The number of H-pyrrole nitrogens is 1. The van der Waals surface area contributed by atoms with E-state index in [0.29, 0.717) is 64.2 Å². The van der Waals surface area contributed by atoms with Crippen LogP contribution in [0.15, 0.2) is 130 Å². The number of phenolic OH excluding ortho intramolecular Hbond substituents is 1. The lowest BCUT2D eigenvalue weighted by molar-refractivity contribution is 0.0998. The minimum Gasteiger partial charge on any atom is -0.506 e. The molecule has 0 radical (unpaired) electrons. The van der Waals surface area contributed by atoms with Gasteiger partial charge in [0.25, 0.3) is 11.8 Å². The van der Waals surface area contributed by atoms with E-state index in [1.165, 1.54) is 55.8 Å². The van der Waals surface area contributed by atoms with Gasteiger partial charge in [-0.1, -0.05) is 56.9 Å². The Bertz CT molecular complexity index is 3340. The second kappa shape index (κ2) is 20.5. The molecule has 1 atom stereocenters. The van der Waals surface area contributed by atoms with Crippen LogP contribution in [-0.4, -0.2) is 63.8 Å². The number of benzene rings is 5. The molecule has 356 valence electrons. The molecule has 0 saturated heterocycles. The average molecular weight is 965 g/mol. The van der Waals surface area contributed by atoms with Gasteiger partial charge in [0.1, 0.15) is 11.5 Å². The van der Waals surface area contributed by atoms with E-state index in [1.807, 2.05) is 12.1 Å². The summed E-state index contributed by atoms with van der Waals surface area (Å²) in [6.07, 6.45) is 2.38. The second-order valence-electron chi connectivity index (χ2n) is 18.2. The summed E-state index contributed by atoms with van der Waals surface area (Å²) in [4.78, 5) is 45.3. The maximum Gasteiger partial charge on any atom is 0.255 e. The van der Waals surface area contributed by atoms with Crippen LogP contribution in [0.4, 0.5) is 17.1 Å². The first-order valence-electron chi connectivity index (χ1n) is 22.4. The SMILES string of the molecule is COc1cccc(Nc2c(C(N)=O)cnc3c(C)cc(S(=O)(=O)c4cccc(C(=O)Nc5cccc(C#CCCCNCC(O[Si](C)(C)C(C)(C)C)c6ccc(O)c7[nH]c(=O)ccc67)c5)c4)cc23)c1. The number of pyridine rings is 2. The fraction of sp³-hybridized carbons (Fsp3) is 0.245. The number of primary amides is 1. The number of rotatable bonds is 16. The largest absolute Gasteiger partial charge is 0.506 e. The Morgan fingerprint density at radius 1 is 0.913 bits per heavy atom. The molecule has 5 aromatic carbocycles. The number of nitrogens with one attached hydrogen (secondary N) is 4. The van der Waals surface area contributed by atoms with Crippen molar-refractivity contribution in [1.29, 1.82) is 0 Å². The number of phenols is 1. The molecule has 7 aromatic rings. The van der Waals surface area contributed by atoms with Crippen molar-refractivity contribution >= 4 is 68.8 Å². The maximum atomic E-state index is 14.3. The Hall–Kier alpha value is -7.29. The quantitative estimate of drug-likeness (QED) is 0.0305. The molecule has 0 fully saturated rings. The molecule has 0 bridgehead atoms. The van der Waals surface area contributed by atoms with Gasteiger partial charge >= 0.3 is 0 Å². The van der Waals surface area contributed by atoms with Crippen molar-refractivity contribution in [3.8, 4) is 23.3 Å². The number of aromatic nitrogens is 2. The van der Waals surface area contributed by atoms with Crippen molar-refractivity contribution in [2.24, 2.45) is 5.73 Å². The number of carbonyl (C=O) groups excluding carboxylic acids is 2. The first kappa shape index (κ1) is 49.6. The van der Waals surface area contributed by atoms with Crippen LogP contribution in [0, 0.1) is 18.8 Å². The molecule has 2 heterocycles. The summed E-state index contributed by atoms with van der Waals surface area (Å²) >= 11 is 0. The number of aryl methyl sites for hydroxylation is 1. The van der Waals surface area contributed by atoms with Crippen LogP contribution >= 0.6 is 0 Å². The normalized spacial score (nSPS) is 12.3. The van der Waals surface area contributed by atoms with Gasteiger partial charge in [-0.15, -0.1) is 0 Å². The highest BCUT2D eigenvalue weighted by molar-refractivity contribution is 7.91. The molecule has 69 heavy (non-hydrogen) atoms. The third kappa shape index (κ3) is 11.4. The van der Waals surface area contributed by atoms with E-state index in [4.69, 9.17) is 14.9 Å². The summed E-state index contributed by atoms with van der Waals surface area (Å²) in [7, 11) is -4.90. The number of aromatic hydroxyl groups is 1. The van der Waals surface area contributed by atoms with Crippen LogP contribution in [-0.2, 0) is 14.3 Å². The number of fused-ring (bicyclic) bond motifs is 2. The van der Waals surface area contributed by atoms with Crippen molar-refractivity contribution in [2.75, 3.05) is 30.8 Å². The van der Waals surface area contributed by atoms with Crippen LogP contribution in [0.25, 0.3) is 21.8 Å². The van der Waals surface area contributed by atoms with Gasteiger partial charge < -0.3 is 40.9 Å². The number of carbonyl (C=O) groups is 2. The number of ether oxygens (including phenoxy) is 1. The molecule has 16 heteroatoms. The molecule has 0 aliphatic heterocycles. The predicted molar refractivity (Wildman–Crippen MR) is 274 cm³/mol. The summed E-state index contributed by atoms with van der Waals surface area (Å²) in [5.74, 6) is 5.70. The summed E-state index contributed by atoms with van der Waals surface area (Å²) in [6.45, 7) is 13.9. The van der Waals surface area contributed by atoms with E-state index in [0.717, 1.165) is 17.4 Å². The van der Waals surface area contributed by atoms with Gasteiger partial charge in [0, 0.05) is 64.6 Å². The van der Waals surface area contributed by atoms with Crippen LogP contribution < -0.4 is 32.0 Å². The van der Waals surface area contributed by atoms with Gasteiger partial charge in [-0.05, 0) is 122 Å². The highest BCUT2D eigenvalue weighted by Gasteiger charge is 2.40. The zero-order chi connectivity index (χ0) is 49.7. The van der Waals surface area contributed by atoms with E-state index in [1.54, 1.807) is 61.5 Å². The van der Waals surface area contributed by atoms with Gasteiger partial charge in [0.2, 0.25) is 15.4 Å². The van der Waals surface area contributed by atoms with E-state index in [-0.39, 0.29) is 49.1 Å². The number of unbranched alkanes of at least 4 members (excludes halogenated alkanes) is 1. The highest BCUT2D eigenvalue weighted by Crippen LogP contribution is 2.41. The van der Waals surface area contributed by atoms with Crippen LogP contribution in [0.1, 0.15) is 77.1 Å². The number of nitrogens with zero attached hydrogens (tertiary/aromatic N) is 1. The maximum absolute atomic E-state index is 14.3. The number of amides is 2. The van der Waals surface area contributed by atoms with Crippen molar-refractivity contribution in [1.82, 2.24) is 15.3 Å². The number of hydrogen-bond acceptors (Lipinski definition) is 11. The second-order valence-corrected chi connectivity index (χ2v) is 24.9. The molecule has 0 aliphatic carbocycles. The van der Waals surface area contributed by atoms with Crippen molar-refractivity contribution in [3.63, 3.8) is 0 Å². The van der Waals surface area contributed by atoms with Crippen molar-refractivity contribution in [2.45, 2.75) is 74.6 Å². The summed E-state index contributed by atoms with van der Waals surface area (Å²) in [6, 6.07) is 29.5. The molecule has 1 unspecified atom stereocenters. The first-order chi connectivity index (χ1) is 32.7. The monoisotopic (exact) mass is 964 g/mol. The van der Waals surface area contributed by atoms with Gasteiger partial charge in [-0.25, -0.2) is 8.42 Å². The molecule has 14 nitrogen and oxygen atoms in total. The Kier molecular flexibility index (Phi) is 14.7. The van der Waals surface area contributed by atoms with Crippen LogP contribution in [0.2, 0.25) is 18.1 Å². The number of sulfone groups is 1. The van der Waals surface area contributed by atoms with E-state index in [9.17, 15) is 27.9 Å². The number of anilines is 3.